The first-order valence-electron chi connectivity index (χ1n) is 8.15. The second-order valence-electron chi connectivity index (χ2n) is 5.63. The van der Waals surface area contributed by atoms with Gasteiger partial charge in [-0.1, -0.05) is 31.5 Å². The first-order valence-corrected chi connectivity index (χ1v) is 8.56. The molecule has 0 spiro atoms. The average molecular weight is 358 g/mol. The average Bonchev–Trinajstić information content (AvgIpc) is 2.58. The molecule has 2 rings (SSSR count). The number of aryl methyl sites for hydroxylation is 1. The topological polar surface area (TPSA) is 70.6 Å². The summed E-state index contributed by atoms with van der Waals surface area (Å²) in [6.07, 6.45) is 1.94. The highest BCUT2D eigenvalue weighted by atomic mass is 32.1. The van der Waals surface area contributed by atoms with Crippen molar-refractivity contribution in [2.75, 3.05) is 11.9 Å². The molecule has 3 N–H and O–H groups in total. The van der Waals surface area contributed by atoms with Gasteiger partial charge >= 0.3 is 0 Å². The third-order valence-corrected chi connectivity index (χ3v) is 3.72. The number of anilines is 1. The Bertz CT molecular complexity index is 762. The fourth-order valence-electron chi connectivity index (χ4n) is 2.18. The lowest BCUT2D eigenvalue weighted by Gasteiger charge is -2.13. The van der Waals surface area contributed by atoms with Crippen molar-refractivity contribution < 1.29 is 14.6 Å². The number of nitrogens with one attached hydrogen (secondary N) is 2. The molecule has 0 bridgehead atoms. The van der Waals surface area contributed by atoms with Gasteiger partial charge in [-0.2, -0.15) is 0 Å². The molecule has 0 aliphatic rings. The van der Waals surface area contributed by atoms with E-state index < -0.39 is 0 Å². The first-order chi connectivity index (χ1) is 12.0. The minimum atomic E-state index is -0.364. The van der Waals surface area contributed by atoms with Gasteiger partial charge in [0.05, 0.1) is 17.9 Å². The number of hydrogen-bond acceptors (Lipinski definition) is 4. The van der Waals surface area contributed by atoms with Gasteiger partial charge in [0.1, 0.15) is 11.5 Å². The van der Waals surface area contributed by atoms with Gasteiger partial charge in [-0.25, -0.2) is 0 Å². The highest BCUT2D eigenvalue weighted by molar-refractivity contribution is 7.80. The molecular formula is C19H22N2O3S. The second kappa shape index (κ2) is 9.03. The van der Waals surface area contributed by atoms with Crippen LogP contribution in [0.15, 0.2) is 42.5 Å². The second-order valence-corrected chi connectivity index (χ2v) is 6.04. The van der Waals surface area contributed by atoms with Crippen molar-refractivity contribution in [2.24, 2.45) is 0 Å². The molecule has 5 nitrogen and oxygen atoms in total. The van der Waals surface area contributed by atoms with Crippen LogP contribution in [0.25, 0.3) is 0 Å². The van der Waals surface area contributed by atoms with Crippen LogP contribution in [-0.2, 0) is 0 Å². The van der Waals surface area contributed by atoms with E-state index in [-0.39, 0.29) is 16.8 Å². The zero-order valence-electron chi connectivity index (χ0n) is 14.3. The lowest BCUT2D eigenvalue weighted by Crippen LogP contribution is -2.34. The van der Waals surface area contributed by atoms with Gasteiger partial charge in [0.2, 0.25) is 0 Å². The van der Waals surface area contributed by atoms with Crippen LogP contribution in [0.4, 0.5) is 5.69 Å². The number of aromatic hydroxyl groups is 1. The molecule has 0 atom stereocenters. The third kappa shape index (κ3) is 5.46. The quantitative estimate of drug-likeness (QED) is 0.413. The molecule has 2 aromatic rings. The van der Waals surface area contributed by atoms with Gasteiger partial charge in [0.15, 0.2) is 5.11 Å². The number of phenols is 1. The summed E-state index contributed by atoms with van der Waals surface area (Å²) in [6, 6.07) is 12.1. The Hall–Kier alpha value is -2.60. The molecule has 0 saturated carbocycles. The molecule has 2 aromatic carbocycles. The predicted octanol–water partition coefficient (Wildman–Crippen LogP) is 4.01. The molecule has 0 unspecified atom stereocenters. The van der Waals surface area contributed by atoms with Crippen LogP contribution in [0, 0.1) is 6.92 Å². The van der Waals surface area contributed by atoms with Crippen molar-refractivity contribution in [1.29, 1.82) is 0 Å². The Morgan fingerprint density at radius 2 is 2.00 bits per heavy atom. The van der Waals surface area contributed by atoms with Gasteiger partial charge in [0, 0.05) is 0 Å². The zero-order valence-corrected chi connectivity index (χ0v) is 15.2. The highest BCUT2D eigenvalue weighted by Crippen LogP contribution is 2.24. The Balaban J connectivity index is 2.04. The van der Waals surface area contributed by atoms with Crippen LogP contribution in [-0.4, -0.2) is 22.7 Å². The summed E-state index contributed by atoms with van der Waals surface area (Å²) in [5.74, 6) is 0.219. The van der Waals surface area contributed by atoms with Crippen LogP contribution in [0.1, 0.15) is 35.7 Å². The molecule has 0 radical (unpaired) electrons. The van der Waals surface area contributed by atoms with Gasteiger partial charge in [-0.05, 0) is 55.4 Å². The lowest BCUT2D eigenvalue weighted by molar-refractivity contribution is 0.0973. The minimum absolute atomic E-state index is 0.0606. The Morgan fingerprint density at radius 1 is 1.24 bits per heavy atom. The van der Waals surface area contributed by atoms with E-state index in [0.29, 0.717) is 23.6 Å². The lowest BCUT2D eigenvalue weighted by atomic mass is 10.2. The van der Waals surface area contributed by atoms with Gasteiger partial charge in [-0.15, -0.1) is 0 Å². The maximum absolute atomic E-state index is 12.5. The van der Waals surface area contributed by atoms with Crippen molar-refractivity contribution >= 4 is 28.9 Å². The highest BCUT2D eigenvalue weighted by Gasteiger charge is 2.14. The monoisotopic (exact) mass is 358 g/mol. The van der Waals surface area contributed by atoms with Crippen LogP contribution >= 0.6 is 12.2 Å². The van der Waals surface area contributed by atoms with Crippen molar-refractivity contribution in [3.8, 4) is 11.5 Å². The van der Waals surface area contributed by atoms with Crippen molar-refractivity contribution in [3.63, 3.8) is 0 Å². The fourth-order valence-corrected chi connectivity index (χ4v) is 2.38. The first kappa shape index (κ1) is 18.7. The van der Waals surface area contributed by atoms with E-state index in [0.717, 1.165) is 18.4 Å². The smallest absolute Gasteiger partial charge is 0.261 e. The van der Waals surface area contributed by atoms with Crippen LogP contribution < -0.4 is 15.4 Å². The Labute approximate surface area is 153 Å². The number of unbranched alkanes of at least 4 members (excludes halogenated alkanes) is 1. The SMILES string of the molecule is CCCCOc1ccccc1C(=O)NC(=S)Nc1cc(C)ccc1O. The van der Waals surface area contributed by atoms with Crippen LogP contribution in [0.5, 0.6) is 11.5 Å². The summed E-state index contributed by atoms with van der Waals surface area (Å²) in [5.41, 5.74) is 1.82. The Morgan fingerprint density at radius 3 is 2.76 bits per heavy atom. The molecular weight excluding hydrogens is 336 g/mol. The summed E-state index contributed by atoms with van der Waals surface area (Å²) in [5, 5.41) is 15.4. The fraction of sp³-hybridized carbons (Fsp3) is 0.263. The number of carbonyl (C=O) groups is 1. The maximum atomic E-state index is 12.5. The van der Waals surface area contributed by atoms with Crippen LogP contribution in [0.3, 0.4) is 0 Å². The molecule has 0 aliphatic carbocycles. The molecule has 6 heteroatoms. The van der Waals surface area contributed by atoms with E-state index in [4.69, 9.17) is 17.0 Å². The third-order valence-electron chi connectivity index (χ3n) is 3.51. The van der Waals surface area contributed by atoms with Crippen molar-refractivity contribution in [2.45, 2.75) is 26.7 Å². The number of thiocarbonyl (C=S) groups is 1. The van der Waals surface area contributed by atoms with Crippen LogP contribution in [0.2, 0.25) is 0 Å². The molecule has 25 heavy (non-hydrogen) atoms. The van der Waals surface area contributed by atoms with E-state index in [1.807, 2.05) is 13.0 Å². The molecule has 0 aromatic heterocycles. The number of hydrogen-bond donors (Lipinski definition) is 3. The molecule has 0 aliphatic heterocycles. The number of ether oxygens (including phenoxy) is 1. The summed E-state index contributed by atoms with van der Waals surface area (Å²) >= 11 is 5.17. The number of phenolic OH excluding ortho intramolecular Hbond substituents is 1. The summed E-state index contributed by atoms with van der Waals surface area (Å²) < 4.78 is 5.67. The van der Waals surface area contributed by atoms with E-state index in [1.165, 1.54) is 0 Å². The molecule has 0 saturated heterocycles. The maximum Gasteiger partial charge on any atom is 0.261 e. The summed E-state index contributed by atoms with van der Waals surface area (Å²) in [7, 11) is 0. The molecule has 0 heterocycles. The standard InChI is InChI=1S/C19H22N2O3S/c1-3-4-11-24-17-8-6-5-7-14(17)18(23)21-19(25)20-15-12-13(2)9-10-16(15)22/h5-10,12,22H,3-4,11H2,1-2H3,(H2,20,21,23,25). The number of carbonyl (C=O) groups excluding carboxylic acids is 1. The van der Waals surface area contributed by atoms with E-state index >= 15 is 0 Å². The largest absolute Gasteiger partial charge is 0.506 e. The summed E-state index contributed by atoms with van der Waals surface area (Å²) in [6.45, 7) is 4.53. The predicted molar refractivity (Wildman–Crippen MR) is 103 cm³/mol. The number of para-hydroxylation sites is 1. The van der Waals surface area contributed by atoms with Crippen molar-refractivity contribution in [1.82, 2.24) is 5.32 Å². The van der Waals surface area contributed by atoms with Gasteiger partial charge in [0.25, 0.3) is 5.91 Å². The van der Waals surface area contributed by atoms with E-state index in [9.17, 15) is 9.90 Å². The van der Waals surface area contributed by atoms with E-state index in [2.05, 4.69) is 17.6 Å². The van der Waals surface area contributed by atoms with Crippen molar-refractivity contribution in [3.05, 3.63) is 53.6 Å². The van der Waals surface area contributed by atoms with E-state index in [1.54, 1.807) is 36.4 Å². The zero-order chi connectivity index (χ0) is 18.2. The number of amides is 1. The normalized spacial score (nSPS) is 10.2. The minimum Gasteiger partial charge on any atom is -0.506 e. The van der Waals surface area contributed by atoms with Gasteiger partial charge < -0.3 is 15.2 Å². The molecule has 0 fully saturated rings. The summed E-state index contributed by atoms with van der Waals surface area (Å²) in [4.78, 5) is 12.5. The molecule has 1 amide bonds. The number of rotatable bonds is 6. The number of benzene rings is 2. The Kier molecular flexibility index (Phi) is 6.77. The molecule has 132 valence electrons. The van der Waals surface area contributed by atoms with Gasteiger partial charge in [-0.3, -0.25) is 10.1 Å².